The summed E-state index contributed by atoms with van der Waals surface area (Å²) in [5.74, 6) is -2.03. The van der Waals surface area contributed by atoms with Gasteiger partial charge in [-0.15, -0.1) is 0 Å². The normalized spacial score (nSPS) is 27.8. The van der Waals surface area contributed by atoms with Crippen LogP contribution in [0.5, 0.6) is 0 Å². The van der Waals surface area contributed by atoms with E-state index in [0.717, 1.165) is 116 Å². The highest BCUT2D eigenvalue weighted by molar-refractivity contribution is 7.47. The van der Waals surface area contributed by atoms with Gasteiger partial charge in [-0.05, 0) is 96.3 Å². The number of phosphoric acid groups is 1. The van der Waals surface area contributed by atoms with E-state index in [4.69, 9.17) is 42.2 Å². The van der Waals surface area contributed by atoms with Gasteiger partial charge in [-0.2, -0.15) is 0 Å². The van der Waals surface area contributed by atoms with Crippen molar-refractivity contribution in [2.45, 2.75) is 382 Å². The molecule has 18 unspecified atom stereocenters. The number of esters is 3. The molecule has 3 aliphatic rings. The largest absolute Gasteiger partial charge is 0.472 e. The summed E-state index contributed by atoms with van der Waals surface area (Å²) in [6.45, 7) is 3.39. The first-order valence-electron chi connectivity index (χ1n) is 37.8. The maximum atomic E-state index is 14.3. The monoisotopic (exact) mass is 1420 g/mol. The van der Waals surface area contributed by atoms with Gasteiger partial charge in [-0.1, -0.05) is 198 Å². The molecule has 2 aliphatic heterocycles. The number of unbranched alkanes of at least 4 members (excludes halogenated alkanes) is 31. The van der Waals surface area contributed by atoms with Crippen LogP contribution in [-0.4, -0.2) is 204 Å². The Morgan fingerprint density at radius 3 is 1.12 bits per heavy atom. The topological polar surface area (TPSA) is 374 Å². The number of aliphatic hydroxyl groups is 10. The molecule has 25 heteroatoms. The summed E-state index contributed by atoms with van der Waals surface area (Å²) in [5.41, 5.74) is 0. The van der Waals surface area contributed by atoms with Crippen molar-refractivity contribution in [3.8, 4) is 0 Å². The predicted molar refractivity (Wildman–Crippen MR) is 370 cm³/mol. The Hall–Kier alpha value is -2.82. The van der Waals surface area contributed by atoms with E-state index in [9.17, 15) is 74.9 Å². The van der Waals surface area contributed by atoms with E-state index in [0.29, 0.717) is 19.3 Å². The standard InChI is InChI=1S/C73H131O24P/c1-4-7-10-13-16-19-22-25-28-31-34-37-40-43-46-49-59(77)92-54(51-89-57(75)47-44-41-38-35-32-29-26-23-20-17-14-11-8-5-2)52-91-98(87,88)97-71-69(95-72-67(85)62(80)60(78)55(50-74)93-72)65(83)64(82)66(84)70(71)96-73-68(86)63(81)61(79)56(94-73)53-90-58(76)48-45-42-39-36-33-30-27-24-21-18-15-12-9-6-3/h19,22,29-30,32-33,54-56,60-74,78-86H,4-18,20-21,23-28,31,34-53H2,1-3H3,(H,87,88)/b22-19-,32-29-,33-30-. The zero-order valence-electron chi connectivity index (χ0n) is 59.6. The van der Waals surface area contributed by atoms with Gasteiger partial charge in [0.2, 0.25) is 0 Å². The molecule has 0 amide bonds. The van der Waals surface area contributed by atoms with Crippen LogP contribution in [0.3, 0.4) is 0 Å². The lowest BCUT2D eigenvalue weighted by atomic mass is 9.84. The summed E-state index contributed by atoms with van der Waals surface area (Å²) in [6.07, 6.45) is 16.4. The Balaban J connectivity index is 1.74. The van der Waals surface area contributed by atoms with E-state index >= 15 is 0 Å². The minimum absolute atomic E-state index is 0.00668. The van der Waals surface area contributed by atoms with Gasteiger partial charge < -0.3 is 89.1 Å². The summed E-state index contributed by atoms with van der Waals surface area (Å²) in [4.78, 5) is 51.0. The molecular formula is C73H131O24P. The molecular weight excluding hydrogens is 1290 g/mol. The van der Waals surface area contributed by atoms with Crippen molar-refractivity contribution >= 4 is 25.7 Å². The molecule has 2 heterocycles. The molecule has 0 spiro atoms. The van der Waals surface area contributed by atoms with E-state index < -0.39 is 156 Å². The summed E-state index contributed by atoms with van der Waals surface area (Å²) in [7, 11) is -5.70. The lowest BCUT2D eigenvalue weighted by Crippen LogP contribution is -2.69. The third-order valence-corrected chi connectivity index (χ3v) is 19.3. The Morgan fingerprint density at radius 2 is 0.714 bits per heavy atom. The number of hydrogen-bond donors (Lipinski definition) is 11. The smallest absolute Gasteiger partial charge is 0.463 e. The van der Waals surface area contributed by atoms with Gasteiger partial charge in [-0.25, -0.2) is 4.57 Å². The van der Waals surface area contributed by atoms with Crippen LogP contribution in [0.25, 0.3) is 0 Å². The van der Waals surface area contributed by atoms with Crippen LogP contribution < -0.4 is 0 Å². The summed E-state index contributed by atoms with van der Waals surface area (Å²) in [6, 6.07) is 0. The molecule has 1 aliphatic carbocycles. The second kappa shape index (κ2) is 54.8. The van der Waals surface area contributed by atoms with Crippen LogP contribution in [0, 0.1) is 0 Å². The van der Waals surface area contributed by atoms with E-state index in [1.54, 1.807) is 0 Å². The van der Waals surface area contributed by atoms with Crippen molar-refractivity contribution in [1.82, 2.24) is 0 Å². The van der Waals surface area contributed by atoms with Crippen LogP contribution in [0.15, 0.2) is 36.5 Å². The fourth-order valence-corrected chi connectivity index (χ4v) is 13.1. The minimum atomic E-state index is -5.70. The average molecular weight is 1420 g/mol. The van der Waals surface area contributed by atoms with Gasteiger partial charge in [0, 0.05) is 19.3 Å². The number of aliphatic hydroxyl groups excluding tert-OH is 10. The molecule has 11 N–H and O–H groups in total. The Labute approximate surface area is 585 Å². The van der Waals surface area contributed by atoms with Crippen LogP contribution in [0.1, 0.15) is 278 Å². The number of phosphoric ester groups is 1. The Kier molecular flexibility index (Phi) is 50.0. The van der Waals surface area contributed by atoms with Gasteiger partial charge in [0.15, 0.2) is 18.7 Å². The molecule has 0 aromatic carbocycles. The van der Waals surface area contributed by atoms with Crippen molar-refractivity contribution < 1.29 is 117 Å². The summed E-state index contributed by atoms with van der Waals surface area (Å²) in [5, 5.41) is 110. The van der Waals surface area contributed by atoms with Gasteiger partial charge >= 0.3 is 25.7 Å². The number of carbonyl (C=O) groups is 3. The maximum Gasteiger partial charge on any atom is 0.472 e. The molecule has 3 fully saturated rings. The maximum absolute atomic E-state index is 14.3. The van der Waals surface area contributed by atoms with E-state index in [-0.39, 0.29) is 19.3 Å². The van der Waals surface area contributed by atoms with E-state index in [1.807, 2.05) is 0 Å². The highest BCUT2D eigenvalue weighted by atomic mass is 31.2. The number of ether oxygens (including phenoxy) is 7. The molecule has 0 radical (unpaired) electrons. The van der Waals surface area contributed by atoms with E-state index in [1.165, 1.54) is 103 Å². The number of hydrogen-bond acceptors (Lipinski definition) is 23. The molecule has 24 nitrogen and oxygen atoms in total. The van der Waals surface area contributed by atoms with Gasteiger partial charge in [0.05, 0.1) is 13.2 Å². The van der Waals surface area contributed by atoms with Crippen molar-refractivity contribution in [1.29, 1.82) is 0 Å². The molecule has 0 aromatic heterocycles. The van der Waals surface area contributed by atoms with Crippen LogP contribution in [-0.2, 0) is 61.2 Å². The lowest BCUT2D eigenvalue weighted by Gasteiger charge is -2.49. The van der Waals surface area contributed by atoms with Crippen molar-refractivity contribution in [3.63, 3.8) is 0 Å². The van der Waals surface area contributed by atoms with Crippen molar-refractivity contribution in [3.05, 3.63) is 36.5 Å². The molecule has 2 saturated heterocycles. The molecule has 3 rings (SSSR count). The van der Waals surface area contributed by atoms with E-state index in [2.05, 4.69) is 57.2 Å². The molecule has 572 valence electrons. The Morgan fingerprint density at radius 1 is 0.388 bits per heavy atom. The number of rotatable bonds is 58. The van der Waals surface area contributed by atoms with Crippen molar-refractivity contribution in [2.75, 3.05) is 26.4 Å². The van der Waals surface area contributed by atoms with Gasteiger partial charge in [0.25, 0.3) is 0 Å². The number of carbonyl (C=O) groups excluding carboxylic acids is 3. The zero-order chi connectivity index (χ0) is 71.8. The second-order valence-electron chi connectivity index (χ2n) is 27.0. The quantitative estimate of drug-likeness (QED) is 0.00886. The van der Waals surface area contributed by atoms with Crippen molar-refractivity contribution in [2.24, 2.45) is 0 Å². The first kappa shape index (κ1) is 89.4. The second-order valence-corrected chi connectivity index (χ2v) is 28.4. The lowest BCUT2D eigenvalue weighted by molar-refractivity contribution is -0.360. The number of allylic oxidation sites excluding steroid dienone is 6. The zero-order valence-corrected chi connectivity index (χ0v) is 60.5. The SMILES string of the molecule is CCCCCC/C=C\CCCCCCCCCC(=O)OC(COC(=O)CCCCC/C=C\CCCCCCCCC)COP(=O)(O)OC1C(OC2OC(CO)C(O)C(O)C2O)C(O)C(O)C(O)C1OC1OC(COC(=O)CCCCC/C=C\CCCCCCCCC)C(O)C(O)C1O. The van der Waals surface area contributed by atoms with Crippen LogP contribution >= 0.6 is 7.82 Å². The molecule has 1 saturated carbocycles. The van der Waals surface area contributed by atoms with Gasteiger partial charge in [0.1, 0.15) is 98.7 Å². The first-order valence-corrected chi connectivity index (χ1v) is 39.3. The highest BCUT2D eigenvalue weighted by Gasteiger charge is 2.58. The third-order valence-electron chi connectivity index (χ3n) is 18.4. The molecule has 0 bridgehead atoms. The average Bonchev–Trinajstić information content (AvgIpc) is 0.762. The fourth-order valence-electron chi connectivity index (χ4n) is 12.2. The fraction of sp³-hybridized carbons (Fsp3) is 0.877. The highest BCUT2D eigenvalue weighted by Crippen LogP contribution is 2.49. The molecule has 18 atom stereocenters. The van der Waals surface area contributed by atoms with Crippen LogP contribution in [0.2, 0.25) is 0 Å². The molecule has 98 heavy (non-hydrogen) atoms. The summed E-state index contributed by atoms with van der Waals surface area (Å²) >= 11 is 0. The van der Waals surface area contributed by atoms with Gasteiger partial charge in [-0.3, -0.25) is 23.4 Å². The van der Waals surface area contributed by atoms with Crippen LogP contribution in [0.4, 0.5) is 0 Å². The summed E-state index contributed by atoms with van der Waals surface area (Å²) < 4.78 is 65.0. The Bertz CT molecular complexity index is 2170. The third kappa shape index (κ3) is 37.6. The molecule has 0 aromatic rings. The minimum Gasteiger partial charge on any atom is -0.463 e. The predicted octanol–water partition coefficient (Wildman–Crippen LogP) is 10.3. The first-order chi connectivity index (χ1) is 47.3.